The van der Waals surface area contributed by atoms with Crippen LogP contribution in [0.4, 0.5) is 9.18 Å². The van der Waals surface area contributed by atoms with Gasteiger partial charge in [0, 0.05) is 17.8 Å². The molecule has 2 aromatic carbocycles. The molecule has 0 radical (unpaired) electrons. The van der Waals surface area contributed by atoms with E-state index in [-0.39, 0.29) is 11.7 Å². The Labute approximate surface area is 168 Å². The fraction of sp³-hybridized carbons (Fsp3) is 0.273. The Bertz CT molecular complexity index is 989. The maximum absolute atomic E-state index is 13.2. The van der Waals surface area contributed by atoms with Crippen molar-refractivity contribution in [2.75, 3.05) is 13.7 Å². The van der Waals surface area contributed by atoms with Gasteiger partial charge >= 0.3 is 6.03 Å². The predicted octanol–water partition coefficient (Wildman–Crippen LogP) is 2.83. The van der Waals surface area contributed by atoms with Crippen LogP contribution in [0, 0.1) is 5.82 Å². The molecule has 2 heterocycles. The van der Waals surface area contributed by atoms with Crippen LogP contribution in [0.15, 0.2) is 49.0 Å². The summed E-state index contributed by atoms with van der Waals surface area (Å²) in [4.78, 5) is 26.7. The number of hydrogen-bond donors (Lipinski definition) is 2. The van der Waals surface area contributed by atoms with Gasteiger partial charge in [-0.1, -0.05) is 24.8 Å². The van der Waals surface area contributed by atoms with Gasteiger partial charge in [-0.2, -0.15) is 0 Å². The van der Waals surface area contributed by atoms with Gasteiger partial charge in [-0.25, -0.2) is 9.18 Å². The summed E-state index contributed by atoms with van der Waals surface area (Å²) in [6.45, 7) is 5.07. The summed E-state index contributed by atoms with van der Waals surface area (Å²) in [6, 6.07) is 11.5. The minimum Gasteiger partial charge on any atom is -0.497 e. The molecule has 0 aliphatic carbocycles. The molecule has 2 aromatic rings. The number of fused-ring (bicyclic) bond motifs is 1. The number of rotatable bonds is 6. The standard InChI is InChI=1S/C22H22FN3O3/c1-14-19-11-18(29-2)8-5-16(19)12-26(14)13-22(20(27)24-21(28)25-22)10-9-15-3-6-17(23)7-4-15/h3-8,11H,1,9-10,12-13H2,2H3,(H2,24,25,27,28)/t22-/m1/s1. The van der Waals surface area contributed by atoms with Crippen LogP contribution in [0.1, 0.15) is 23.1 Å². The van der Waals surface area contributed by atoms with Crippen LogP contribution in [0.3, 0.4) is 0 Å². The monoisotopic (exact) mass is 395 g/mol. The second kappa shape index (κ2) is 7.24. The number of hydrogen-bond acceptors (Lipinski definition) is 4. The number of carbonyl (C=O) groups is 2. The van der Waals surface area contributed by atoms with Gasteiger partial charge in [-0.05, 0) is 48.2 Å². The minimum atomic E-state index is -1.08. The predicted molar refractivity (Wildman–Crippen MR) is 107 cm³/mol. The molecule has 7 heteroatoms. The van der Waals surface area contributed by atoms with Gasteiger partial charge in [0.25, 0.3) is 5.91 Å². The van der Waals surface area contributed by atoms with Gasteiger partial charge in [0.1, 0.15) is 17.1 Å². The maximum Gasteiger partial charge on any atom is 0.322 e. The zero-order chi connectivity index (χ0) is 20.6. The number of imide groups is 1. The first kappa shape index (κ1) is 19.0. The summed E-state index contributed by atoms with van der Waals surface area (Å²) < 4.78 is 18.5. The van der Waals surface area contributed by atoms with Crippen molar-refractivity contribution in [2.45, 2.75) is 24.9 Å². The van der Waals surface area contributed by atoms with Gasteiger partial charge < -0.3 is 15.0 Å². The summed E-state index contributed by atoms with van der Waals surface area (Å²) in [6.07, 6.45) is 0.911. The van der Waals surface area contributed by atoms with Crippen molar-refractivity contribution in [1.29, 1.82) is 0 Å². The lowest BCUT2D eigenvalue weighted by molar-refractivity contribution is -0.124. The Hall–Kier alpha value is -3.35. The first-order valence-electron chi connectivity index (χ1n) is 9.39. The fourth-order valence-corrected chi connectivity index (χ4v) is 3.94. The van der Waals surface area contributed by atoms with Gasteiger partial charge in [0.15, 0.2) is 0 Å². The lowest BCUT2D eigenvalue weighted by Gasteiger charge is -2.32. The number of methoxy groups -OCH3 is 1. The van der Waals surface area contributed by atoms with Crippen molar-refractivity contribution in [3.63, 3.8) is 0 Å². The Morgan fingerprint density at radius 2 is 1.97 bits per heavy atom. The van der Waals surface area contributed by atoms with Crippen LogP contribution in [0.2, 0.25) is 0 Å². The van der Waals surface area contributed by atoms with Crippen LogP contribution in [0.5, 0.6) is 5.75 Å². The van der Waals surface area contributed by atoms with Crippen molar-refractivity contribution < 1.29 is 18.7 Å². The average molecular weight is 395 g/mol. The van der Waals surface area contributed by atoms with Crippen LogP contribution in [0.25, 0.3) is 5.70 Å². The molecule has 1 atom stereocenters. The van der Waals surface area contributed by atoms with Gasteiger partial charge in [0.2, 0.25) is 0 Å². The lowest BCUT2D eigenvalue weighted by Crippen LogP contribution is -2.54. The van der Waals surface area contributed by atoms with E-state index >= 15 is 0 Å². The third kappa shape index (κ3) is 3.55. The van der Waals surface area contributed by atoms with Crippen LogP contribution in [-0.4, -0.2) is 36.0 Å². The average Bonchev–Trinajstić information content (AvgIpc) is 3.16. The zero-order valence-corrected chi connectivity index (χ0v) is 16.1. The van der Waals surface area contributed by atoms with Crippen LogP contribution >= 0.6 is 0 Å². The second-order valence-electron chi connectivity index (χ2n) is 7.44. The number of ether oxygens (including phenoxy) is 1. The summed E-state index contributed by atoms with van der Waals surface area (Å²) in [7, 11) is 1.61. The Kier molecular flexibility index (Phi) is 4.74. The summed E-state index contributed by atoms with van der Waals surface area (Å²) in [5, 5.41) is 5.17. The lowest BCUT2D eigenvalue weighted by atomic mass is 9.90. The summed E-state index contributed by atoms with van der Waals surface area (Å²) in [5.74, 6) is 0.0765. The first-order valence-corrected chi connectivity index (χ1v) is 9.39. The molecule has 2 N–H and O–H groups in total. The van der Waals surface area contributed by atoms with Crippen molar-refractivity contribution in [1.82, 2.24) is 15.5 Å². The topological polar surface area (TPSA) is 70.7 Å². The number of amides is 3. The van der Waals surface area contributed by atoms with Crippen molar-refractivity contribution in [3.8, 4) is 5.75 Å². The van der Waals surface area contributed by atoms with E-state index in [0.29, 0.717) is 25.9 Å². The van der Waals surface area contributed by atoms with Crippen molar-refractivity contribution in [2.24, 2.45) is 0 Å². The van der Waals surface area contributed by atoms with E-state index in [1.54, 1.807) is 19.2 Å². The molecule has 0 spiro atoms. The van der Waals surface area contributed by atoms with Gasteiger partial charge in [-0.3, -0.25) is 10.1 Å². The Balaban J connectivity index is 1.55. The van der Waals surface area contributed by atoms with Crippen LogP contribution in [-0.2, 0) is 17.8 Å². The number of aryl methyl sites for hydroxylation is 1. The van der Waals surface area contributed by atoms with Gasteiger partial charge in [0.05, 0.1) is 13.7 Å². The molecular weight excluding hydrogens is 373 g/mol. The number of urea groups is 1. The first-order chi connectivity index (χ1) is 13.9. The minimum absolute atomic E-state index is 0.293. The fourth-order valence-electron chi connectivity index (χ4n) is 3.94. The highest BCUT2D eigenvalue weighted by Crippen LogP contribution is 2.36. The van der Waals surface area contributed by atoms with E-state index in [2.05, 4.69) is 17.2 Å². The zero-order valence-electron chi connectivity index (χ0n) is 16.1. The number of carbonyl (C=O) groups excluding carboxylic acids is 2. The SMILES string of the molecule is C=C1c2cc(OC)ccc2CN1C[C@@]1(CCc2ccc(F)cc2)NC(=O)NC1=O. The maximum atomic E-state index is 13.2. The number of nitrogens with one attached hydrogen (secondary N) is 2. The van der Waals surface area contributed by atoms with E-state index in [1.807, 2.05) is 23.1 Å². The smallest absolute Gasteiger partial charge is 0.322 e. The number of benzene rings is 2. The molecule has 0 unspecified atom stereocenters. The Morgan fingerprint density at radius 3 is 2.62 bits per heavy atom. The quantitative estimate of drug-likeness (QED) is 0.738. The third-order valence-corrected chi connectivity index (χ3v) is 5.60. The number of nitrogens with zero attached hydrogens (tertiary/aromatic N) is 1. The molecule has 0 bridgehead atoms. The highest BCUT2D eigenvalue weighted by Gasteiger charge is 2.47. The molecule has 29 heavy (non-hydrogen) atoms. The molecule has 2 aliphatic rings. The largest absolute Gasteiger partial charge is 0.497 e. The molecule has 1 saturated heterocycles. The Morgan fingerprint density at radius 1 is 1.21 bits per heavy atom. The highest BCUT2D eigenvalue weighted by molar-refractivity contribution is 6.07. The van der Waals surface area contributed by atoms with Crippen molar-refractivity contribution >= 4 is 17.6 Å². The molecule has 0 saturated carbocycles. The van der Waals surface area contributed by atoms with Crippen LogP contribution < -0.4 is 15.4 Å². The molecule has 3 amide bonds. The number of halogens is 1. The normalized spacial score (nSPS) is 20.5. The molecule has 1 fully saturated rings. The summed E-state index contributed by atoms with van der Waals surface area (Å²) >= 11 is 0. The third-order valence-electron chi connectivity index (χ3n) is 5.60. The molecule has 6 nitrogen and oxygen atoms in total. The van der Waals surface area contributed by atoms with E-state index < -0.39 is 11.6 Å². The molecular formula is C22H22FN3O3. The highest BCUT2D eigenvalue weighted by atomic mass is 19.1. The van der Waals surface area contributed by atoms with Crippen molar-refractivity contribution in [3.05, 3.63) is 71.6 Å². The molecule has 150 valence electrons. The van der Waals surface area contributed by atoms with E-state index in [0.717, 1.165) is 28.1 Å². The molecule has 2 aliphatic heterocycles. The van der Waals surface area contributed by atoms with Gasteiger partial charge in [-0.15, -0.1) is 0 Å². The van der Waals surface area contributed by atoms with E-state index in [9.17, 15) is 14.0 Å². The molecule has 4 rings (SSSR count). The second-order valence-corrected chi connectivity index (χ2v) is 7.44. The van der Waals surface area contributed by atoms with E-state index in [4.69, 9.17) is 4.74 Å². The summed E-state index contributed by atoms with van der Waals surface area (Å²) in [5.41, 5.74) is 2.67. The molecule has 0 aromatic heterocycles. The van der Waals surface area contributed by atoms with E-state index in [1.165, 1.54) is 12.1 Å².